The van der Waals surface area contributed by atoms with E-state index in [-0.39, 0.29) is 17.9 Å². The minimum atomic E-state index is 0.130. The fourth-order valence-electron chi connectivity index (χ4n) is 0. The fraction of sp³-hybridized carbons (Fsp3) is 0.571. The first-order chi connectivity index (χ1) is 7.81. The molecule has 0 aliphatic rings. The molecule has 0 unspecified atom stereocenters. The molecule has 0 spiro atoms. The second kappa shape index (κ2) is 23.5. The average molecular weight is 251 g/mol. The van der Waals surface area contributed by atoms with Crippen LogP contribution in [0.2, 0.25) is 0 Å². The van der Waals surface area contributed by atoms with Crippen molar-refractivity contribution in [3.63, 3.8) is 0 Å². The monoisotopic (exact) mass is 251 g/mol. The van der Waals surface area contributed by atoms with Crippen molar-refractivity contribution >= 4 is 17.9 Å². The molecule has 0 aromatic heterocycles. The first-order valence-electron chi connectivity index (χ1n) is 4.45. The Bertz CT molecular complexity index is 169. The van der Waals surface area contributed by atoms with Crippen LogP contribution in [-0.4, -0.2) is 46.1 Å². The summed E-state index contributed by atoms with van der Waals surface area (Å²) < 4.78 is 0. The number of guanidine groups is 3. The van der Waals surface area contributed by atoms with Crippen LogP contribution in [0.1, 0.15) is 0 Å². The van der Waals surface area contributed by atoms with Gasteiger partial charge in [-0.15, -0.1) is 0 Å². The second-order valence-corrected chi connectivity index (χ2v) is 1.95. The van der Waals surface area contributed by atoms with E-state index < -0.39 is 0 Å². The first-order valence-corrected chi connectivity index (χ1v) is 4.45. The van der Waals surface area contributed by atoms with Crippen molar-refractivity contribution in [1.29, 1.82) is 0 Å². The number of hydrogen-bond donors (Lipinski definition) is 7. The van der Waals surface area contributed by atoms with Gasteiger partial charge in [-0.2, -0.15) is 0 Å². The van der Waals surface area contributed by atoms with Crippen LogP contribution in [0.3, 0.4) is 0 Å². The Morgan fingerprint density at radius 3 is 0.647 bits per heavy atom. The Hall–Kier alpha value is -2.23. The summed E-state index contributed by atoms with van der Waals surface area (Å²) >= 11 is 0. The van der Waals surface area contributed by atoms with Gasteiger partial charge in [0.1, 0.15) is 0 Å². The molecule has 0 bridgehead atoms. The van der Waals surface area contributed by atoms with E-state index >= 15 is 0 Å². The van der Waals surface area contributed by atoms with Gasteiger partial charge in [0.2, 0.25) is 0 Å². The van der Waals surface area contributed by atoms with Crippen molar-refractivity contribution in [2.45, 2.75) is 0 Å². The summed E-state index contributed by atoms with van der Waals surface area (Å²) in [6.45, 7) is 0. The molecule has 0 aliphatic carbocycles. The Kier molecular flexibility index (Phi) is 33.4. The van der Waals surface area contributed by atoms with Crippen LogP contribution >= 0.6 is 0 Å². The molecule has 104 valence electrons. The summed E-state index contributed by atoms with van der Waals surface area (Å²) in [4.78, 5) is 10.1. The largest absolute Gasteiger partial charge is 0.370 e. The van der Waals surface area contributed by atoms with Gasteiger partial charge in [0.15, 0.2) is 17.9 Å². The molecule has 0 amide bonds. The van der Waals surface area contributed by atoms with Crippen molar-refractivity contribution in [3.8, 4) is 0 Å². The van der Waals surface area contributed by atoms with E-state index in [1.54, 1.807) is 7.05 Å². The molecule has 0 rings (SSSR count). The molecule has 0 aliphatic heterocycles. The Balaban J connectivity index is -0.0000000693. The highest BCUT2D eigenvalue weighted by molar-refractivity contribution is 5.75. The van der Waals surface area contributed by atoms with Crippen molar-refractivity contribution in [2.75, 3.05) is 28.2 Å². The Labute approximate surface area is 102 Å². The van der Waals surface area contributed by atoms with Crippen LogP contribution in [0.5, 0.6) is 0 Å². The minimum Gasteiger partial charge on any atom is -0.370 e. The van der Waals surface area contributed by atoms with E-state index in [9.17, 15) is 0 Å². The van der Waals surface area contributed by atoms with Crippen LogP contribution in [0.4, 0.5) is 0 Å². The fourth-order valence-corrected chi connectivity index (χ4v) is 0. The van der Waals surface area contributed by atoms with Gasteiger partial charge in [0.05, 0.1) is 7.05 Å². The number of nitrogens with zero attached hydrogens (tertiary/aromatic N) is 3. The zero-order valence-corrected chi connectivity index (χ0v) is 11.0. The molecule has 0 saturated heterocycles. The van der Waals surface area contributed by atoms with E-state index in [1.165, 1.54) is 21.1 Å². The molecule has 0 heterocycles. The Morgan fingerprint density at radius 1 is 0.588 bits per heavy atom. The van der Waals surface area contributed by atoms with Crippen LogP contribution < -0.4 is 40.1 Å². The normalized spacial score (nSPS) is 6.18. The lowest BCUT2D eigenvalue weighted by molar-refractivity contribution is -0.325. The number of aliphatic imine (C=N–C) groups is 3. The Morgan fingerprint density at radius 2 is 0.647 bits per heavy atom. The topological polar surface area (TPSA) is 221 Å². The van der Waals surface area contributed by atoms with E-state index in [2.05, 4.69) is 20.7 Å². The lowest BCUT2D eigenvalue weighted by Crippen LogP contribution is -2.40. The summed E-state index contributed by atoms with van der Waals surface area (Å²) in [6, 6.07) is 0. The minimum absolute atomic E-state index is 0.130. The summed E-state index contributed by atoms with van der Waals surface area (Å²) in [5.74, 6) is 0.389. The average Bonchev–Trinajstić information content (AvgIpc) is 2.32. The molecule has 17 heavy (non-hydrogen) atoms. The van der Waals surface area contributed by atoms with E-state index in [1.807, 2.05) is 0 Å². The van der Waals surface area contributed by atoms with Crippen molar-refractivity contribution in [2.24, 2.45) is 49.4 Å². The molecule has 10 nitrogen and oxygen atoms in total. The van der Waals surface area contributed by atoms with Gasteiger partial charge in [0.25, 0.3) is 0 Å². The molecular formula is C7H27N10+. The molecule has 10 heteroatoms. The molecular weight excluding hydrogens is 224 g/mol. The predicted molar refractivity (Wildman–Crippen MR) is 74.0 cm³/mol. The molecule has 15 N–H and O–H groups in total. The number of hydrogen-bond acceptors (Lipinski definition) is 3. The zero-order chi connectivity index (χ0) is 14.9. The standard InChI is InChI=1S/3C2H7N3.CH5N/c3*1-5-2(3)4;1-2/h3*1H3,(H4,3,4,5);2H2,1H3/p+1. The highest BCUT2D eigenvalue weighted by atomic mass is 15.0. The summed E-state index contributed by atoms with van der Waals surface area (Å²) in [5, 5.41) is 0. The number of rotatable bonds is 0. The lowest BCUT2D eigenvalue weighted by Gasteiger charge is -1.77. The summed E-state index contributed by atoms with van der Waals surface area (Å²) in [5.41, 5.74) is 32.2. The first kappa shape index (κ1) is 24.1. The third kappa shape index (κ3) is 134. The van der Waals surface area contributed by atoms with Crippen LogP contribution in [-0.2, 0) is 0 Å². The number of nitrogens with two attached hydrogens (primary N) is 6. The van der Waals surface area contributed by atoms with Crippen molar-refractivity contribution < 1.29 is 5.73 Å². The highest BCUT2D eigenvalue weighted by Gasteiger charge is 1.62. The van der Waals surface area contributed by atoms with Crippen molar-refractivity contribution in [1.82, 2.24) is 0 Å². The van der Waals surface area contributed by atoms with E-state index in [0.29, 0.717) is 0 Å². The number of quaternary nitrogens is 1. The SMILES string of the molecule is CN=C(N)N.CN=C(N)N.CN=C(N)N.C[NH3+]. The van der Waals surface area contributed by atoms with Crippen LogP contribution in [0.15, 0.2) is 15.0 Å². The lowest BCUT2D eigenvalue weighted by atomic mass is 11.1. The second-order valence-electron chi connectivity index (χ2n) is 1.95. The van der Waals surface area contributed by atoms with Crippen LogP contribution in [0.25, 0.3) is 0 Å². The molecule has 0 aromatic carbocycles. The predicted octanol–water partition coefficient (Wildman–Crippen LogP) is -4.47. The maximum atomic E-state index is 4.82. The van der Waals surface area contributed by atoms with Gasteiger partial charge in [-0.05, 0) is 0 Å². The molecule has 0 aromatic rings. The van der Waals surface area contributed by atoms with Crippen LogP contribution in [0, 0.1) is 0 Å². The highest BCUT2D eigenvalue weighted by Crippen LogP contribution is 1.41. The summed E-state index contributed by atoms with van der Waals surface area (Å²) in [7, 11) is 6.36. The van der Waals surface area contributed by atoms with Gasteiger partial charge in [-0.3, -0.25) is 15.0 Å². The molecule has 0 fully saturated rings. The van der Waals surface area contributed by atoms with Gasteiger partial charge < -0.3 is 40.1 Å². The smallest absolute Gasteiger partial charge is 0.185 e. The maximum Gasteiger partial charge on any atom is 0.185 e. The van der Waals surface area contributed by atoms with Gasteiger partial charge >= 0.3 is 0 Å². The van der Waals surface area contributed by atoms with E-state index in [0.717, 1.165) is 0 Å². The van der Waals surface area contributed by atoms with Crippen molar-refractivity contribution in [3.05, 3.63) is 0 Å². The van der Waals surface area contributed by atoms with Gasteiger partial charge in [0, 0.05) is 21.1 Å². The molecule has 0 atom stereocenters. The molecule has 0 saturated carbocycles. The maximum absolute atomic E-state index is 4.82. The van der Waals surface area contributed by atoms with E-state index in [4.69, 9.17) is 34.4 Å². The van der Waals surface area contributed by atoms with Gasteiger partial charge in [-0.1, -0.05) is 0 Å². The third-order valence-electron chi connectivity index (χ3n) is 0.775. The van der Waals surface area contributed by atoms with Gasteiger partial charge in [-0.25, -0.2) is 0 Å². The third-order valence-corrected chi connectivity index (χ3v) is 0.775. The zero-order valence-electron chi connectivity index (χ0n) is 11.0. The quantitative estimate of drug-likeness (QED) is 0.166. The molecule has 0 radical (unpaired) electrons. The summed E-state index contributed by atoms with van der Waals surface area (Å²) in [6.07, 6.45) is 0.